The predicted molar refractivity (Wildman–Crippen MR) is 146 cm³/mol. The van der Waals surface area contributed by atoms with Crippen LogP contribution in [0.3, 0.4) is 0 Å². The third-order valence-corrected chi connectivity index (χ3v) is 5.50. The zero-order valence-electron chi connectivity index (χ0n) is 20.6. The molecular weight excluding hydrogens is 492 g/mol. The van der Waals surface area contributed by atoms with Gasteiger partial charge in [-0.2, -0.15) is 10.2 Å². The van der Waals surface area contributed by atoms with Crippen LogP contribution in [0.5, 0.6) is 0 Å². The molecule has 9 nitrogen and oxygen atoms in total. The molecule has 0 spiro atoms. The summed E-state index contributed by atoms with van der Waals surface area (Å²) in [4.78, 5) is 34.2. The van der Waals surface area contributed by atoms with E-state index < -0.39 is 11.8 Å². The van der Waals surface area contributed by atoms with Gasteiger partial charge in [-0.05, 0) is 36.4 Å². The number of aromatic nitrogens is 2. The molecule has 5 rings (SSSR count). The highest BCUT2D eigenvalue weighted by atomic mass is 16.4. The fourth-order valence-electron chi connectivity index (χ4n) is 3.64. The fraction of sp³-hybridized carbons (Fsp3) is 0. The van der Waals surface area contributed by atoms with Crippen molar-refractivity contribution in [2.45, 2.75) is 0 Å². The summed E-state index contributed by atoms with van der Waals surface area (Å²) in [6.45, 7) is 0. The molecule has 0 aliphatic carbocycles. The van der Waals surface area contributed by atoms with E-state index in [0.29, 0.717) is 22.8 Å². The average molecular weight is 515 g/mol. The highest BCUT2D eigenvalue weighted by molar-refractivity contribution is 6.13. The van der Waals surface area contributed by atoms with Crippen molar-refractivity contribution in [3.05, 3.63) is 156 Å². The van der Waals surface area contributed by atoms with Crippen molar-refractivity contribution in [1.29, 1.82) is 0 Å². The number of hydrogen-bond acceptors (Lipinski definition) is 7. The van der Waals surface area contributed by atoms with E-state index in [9.17, 15) is 9.59 Å². The van der Waals surface area contributed by atoms with E-state index in [1.807, 2.05) is 72.8 Å². The van der Waals surface area contributed by atoms with E-state index in [1.165, 1.54) is 12.1 Å². The maximum Gasteiger partial charge on any atom is 0.307 e. The van der Waals surface area contributed by atoms with Gasteiger partial charge in [0.25, 0.3) is 0 Å². The van der Waals surface area contributed by atoms with Crippen LogP contribution in [0.1, 0.15) is 43.6 Å². The Hall–Kier alpha value is -5.70. The van der Waals surface area contributed by atoms with Gasteiger partial charge in [0.05, 0.1) is 11.4 Å². The second kappa shape index (κ2) is 12.0. The Balaban J connectivity index is 1.32. The summed E-state index contributed by atoms with van der Waals surface area (Å²) >= 11 is 0. The number of furan rings is 1. The Morgan fingerprint density at radius 2 is 0.949 bits per heavy atom. The molecule has 5 aromatic rings. The van der Waals surface area contributed by atoms with Crippen molar-refractivity contribution in [3.8, 4) is 0 Å². The first-order valence-corrected chi connectivity index (χ1v) is 12.0. The first-order chi connectivity index (χ1) is 19.2. The van der Waals surface area contributed by atoms with Gasteiger partial charge in [0, 0.05) is 23.5 Å². The summed E-state index contributed by atoms with van der Waals surface area (Å²) in [5.41, 5.74) is 8.66. The Labute approximate surface area is 224 Å². The van der Waals surface area contributed by atoms with Crippen molar-refractivity contribution < 1.29 is 14.0 Å². The number of carbonyl (C=O) groups is 2. The average Bonchev–Trinajstić information content (AvgIpc) is 3.50. The molecule has 2 aromatic carbocycles. The predicted octanol–water partition coefficient (Wildman–Crippen LogP) is 4.43. The fourth-order valence-corrected chi connectivity index (χ4v) is 3.64. The molecule has 190 valence electrons. The van der Waals surface area contributed by atoms with Crippen LogP contribution in [0.15, 0.2) is 136 Å². The lowest BCUT2D eigenvalue weighted by molar-refractivity contribution is 0.0902. The number of nitrogens with one attached hydrogen (secondary N) is 2. The van der Waals surface area contributed by atoms with E-state index in [-0.39, 0.29) is 11.5 Å². The number of nitrogens with zero attached hydrogens (tertiary/aromatic N) is 4. The molecule has 0 bridgehead atoms. The molecule has 2 amide bonds. The number of amides is 2. The third-order valence-electron chi connectivity index (χ3n) is 5.50. The highest BCUT2D eigenvalue weighted by Crippen LogP contribution is 2.12. The lowest BCUT2D eigenvalue weighted by Crippen LogP contribution is -2.21. The Bertz CT molecular complexity index is 1410. The first-order valence-electron chi connectivity index (χ1n) is 12.0. The van der Waals surface area contributed by atoms with Crippen LogP contribution in [0.2, 0.25) is 0 Å². The van der Waals surface area contributed by atoms with E-state index in [0.717, 1.165) is 11.1 Å². The van der Waals surface area contributed by atoms with Crippen LogP contribution in [-0.2, 0) is 0 Å². The Morgan fingerprint density at radius 3 is 1.33 bits per heavy atom. The van der Waals surface area contributed by atoms with Crippen LogP contribution in [-0.4, -0.2) is 33.2 Å². The van der Waals surface area contributed by atoms with Crippen molar-refractivity contribution in [3.63, 3.8) is 0 Å². The van der Waals surface area contributed by atoms with Crippen LogP contribution in [0.4, 0.5) is 0 Å². The van der Waals surface area contributed by atoms with Gasteiger partial charge >= 0.3 is 11.8 Å². The number of rotatable bonds is 8. The third kappa shape index (κ3) is 6.17. The molecule has 0 fully saturated rings. The van der Waals surface area contributed by atoms with Crippen LogP contribution in [0.25, 0.3) is 0 Å². The monoisotopic (exact) mass is 514 g/mol. The second-order valence-corrected chi connectivity index (χ2v) is 8.13. The minimum Gasteiger partial charge on any atom is -0.446 e. The van der Waals surface area contributed by atoms with Gasteiger partial charge in [0.15, 0.2) is 11.5 Å². The maximum absolute atomic E-state index is 12.8. The normalized spacial score (nSPS) is 11.6. The van der Waals surface area contributed by atoms with Gasteiger partial charge in [-0.25, -0.2) is 10.9 Å². The number of pyridine rings is 2. The first kappa shape index (κ1) is 25.0. The van der Waals surface area contributed by atoms with Gasteiger partial charge in [0.1, 0.15) is 11.4 Å². The molecule has 9 heteroatoms. The summed E-state index contributed by atoms with van der Waals surface area (Å²) in [7, 11) is 0. The lowest BCUT2D eigenvalue weighted by Gasteiger charge is -2.07. The topological polar surface area (TPSA) is 122 Å². The summed E-state index contributed by atoms with van der Waals surface area (Å²) in [5, 5.41) is 8.57. The highest BCUT2D eigenvalue weighted by Gasteiger charge is 2.17. The SMILES string of the molecule is O=C(N/N=C(\c1ccccc1)c1ccccn1)c1ccc(C(=O)N/N=C(\c2ccccc2)c2ccccn2)o1. The van der Waals surface area contributed by atoms with Gasteiger partial charge in [-0.3, -0.25) is 19.6 Å². The molecule has 39 heavy (non-hydrogen) atoms. The molecular formula is C30H22N6O3. The van der Waals surface area contributed by atoms with Gasteiger partial charge in [0.2, 0.25) is 0 Å². The molecule has 0 aliphatic rings. The van der Waals surface area contributed by atoms with Crippen molar-refractivity contribution in [1.82, 2.24) is 20.8 Å². The van der Waals surface area contributed by atoms with Gasteiger partial charge in [-0.1, -0.05) is 72.8 Å². The molecule has 3 heterocycles. The van der Waals surface area contributed by atoms with Crippen LogP contribution < -0.4 is 10.9 Å². The van der Waals surface area contributed by atoms with Crippen molar-refractivity contribution in [2.24, 2.45) is 10.2 Å². The lowest BCUT2D eigenvalue weighted by atomic mass is 10.1. The van der Waals surface area contributed by atoms with E-state index in [4.69, 9.17) is 4.42 Å². The standard InChI is InChI=1S/C30H22N6O3/c37-29(35-33-27(21-11-3-1-4-12-21)23-15-7-9-19-31-23)25-17-18-26(39-25)30(38)36-34-28(22-13-5-2-6-14-22)24-16-8-10-20-32-24/h1-20H,(H,35,37)(H,36,38)/b33-27+,34-28+. The number of hydrazone groups is 2. The number of benzene rings is 2. The number of hydrogen-bond donors (Lipinski definition) is 2. The second-order valence-electron chi connectivity index (χ2n) is 8.13. The summed E-state index contributed by atoms with van der Waals surface area (Å²) in [6, 6.07) is 32.3. The number of carbonyl (C=O) groups excluding carboxylic acids is 2. The summed E-state index contributed by atoms with van der Waals surface area (Å²) < 4.78 is 5.50. The zero-order chi connectivity index (χ0) is 26.9. The molecule has 3 aromatic heterocycles. The van der Waals surface area contributed by atoms with Gasteiger partial charge < -0.3 is 4.42 Å². The molecule has 0 saturated carbocycles. The van der Waals surface area contributed by atoms with E-state index >= 15 is 0 Å². The largest absolute Gasteiger partial charge is 0.446 e. The van der Waals surface area contributed by atoms with Crippen molar-refractivity contribution in [2.75, 3.05) is 0 Å². The molecule has 0 unspecified atom stereocenters. The molecule has 2 N–H and O–H groups in total. The maximum atomic E-state index is 12.8. The van der Waals surface area contributed by atoms with E-state index in [1.54, 1.807) is 36.7 Å². The smallest absolute Gasteiger partial charge is 0.307 e. The molecule has 0 radical (unpaired) electrons. The summed E-state index contributed by atoms with van der Waals surface area (Å²) in [5.74, 6) is -1.43. The Morgan fingerprint density at radius 1 is 0.538 bits per heavy atom. The summed E-state index contributed by atoms with van der Waals surface area (Å²) in [6.07, 6.45) is 3.29. The minimum absolute atomic E-state index is 0.0886. The quantitative estimate of drug-likeness (QED) is 0.234. The molecule has 0 atom stereocenters. The van der Waals surface area contributed by atoms with E-state index in [2.05, 4.69) is 31.0 Å². The molecule has 0 aliphatic heterocycles. The van der Waals surface area contributed by atoms with Crippen LogP contribution >= 0.6 is 0 Å². The molecule has 0 saturated heterocycles. The minimum atomic E-state index is -0.625. The van der Waals surface area contributed by atoms with Crippen LogP contribution in [0, 0.1) is 0 Å². The Kier molecular flexibility index (Phi) is 7.70. The zero-order valence-corrected chi connectivity index (χ0v) is 20.6. The van der Waals surface area contributed by atoms with Gasteiger partial charge in [-0.15, -0.1) is 0 Å². The van der Waals surface area contributed by atoms with Crippen molar-refractivity contribution >= 4 is 23.2 Å².